The number of carbonyl (C=O) groups excluding carboxylic acids is 2. The minimum Gasteiger partial charge on any atom is -0.350 e. The first-order chi connectivity index (χ1) is 17.4. The summed E-state index contributed by atoms with van der Waals surface area (Å²) in [5, 5.41) is 11.6. The fourth-order valence-corrected chi connectivity index (χ4v) is 6.79. The van der Waals surface area contributed by atoms with Gasteiger partial charge in [-0.3, -0.25) is 14.6 Å². The fraction of sp³-hybridized carbons (Fsp3) is 0.652. The topological polar surface area (TPSA) is 127 Å². The predicted octanol–water partition coefficient (Wildman–Crippen LogP) is 1.37. The number of likely N-dealkylation sites (tertiary alicyclic amines) is 1. The van der Waals surface area contributed by atoms with Crippen LogP contribution in [0.2, 0.25) is 0 Å². The Balaban J connectivity index is 1.37. The summed E-state index contributed by atoms with van der Waals surface area (Å²) < 4.78 is 66.5. The number of nitrogens with one attached hydrogen (secondary N) is 1. The molecule has 4 rings (SSSR count). The van der Waals surface area contributed by atoms with Gasteiger partial charge in [0.05, 0.1) is 17.9 Å². The molecule has 3 saturated heterocycles. The van der Waals surface area contributed by atoms with Crippen LogP contribution in [0.1, 0.15) is 37.4 Å². The molecule has 0 radical (unpaired) electrons. The largest absolute Gasteiger partial charge is 0.433 e. The highest BCUT2D eigenvalue weighted by atomic mass is 32.2. The quantitative estimate of drug-likeness (QED) is 0.579. The van der Waals surface area contributed by atoms with Crippen molar-refractivity contribution in [2.75, 3.05) is 32.7 Å². The minimum atomic E-state index is -4.55. The van der Waals surface area contributed by atoms with E-state index < -0.39 is 39.9 Å². The number of aromatic nitrogens is 1. The number of piperidine rings is 1. The van der Waals surface area contributed by atoms with E-state index in [0.29, 0.717) is 37.9 Å². The van der Waals surface area contributed by atoms with E-state index in [1.165, 1.54) is 19.6 Å². The highest BCUT2D eigenvalue weighted by Crippen LogP contribution is 2.31. The normalized spacial score (nSPS) is 25.9. The van der Waals surface area contributed by atoms with Crippen LogP contribution in [0.15, 0.2) is 18.3 Å². The van der Waals surface area contributed by atoms with E-state index in [1.54, 1.807) is 0 Å². The third-order valence-corrected chi connectivity index (χ3v) is 9.03. The van der Waals surface area contributed by atoms with Gasteiger partial charge in [0.1, 0.15) is 11.7 Å². The molecule has 3 aliphatic heterocycles. The second-order valence-corrected chi connectivity index (χ2v) is 11.9. The van der Waals surface area contributed by atoms with E-state index in [2.05, 4.69) is 10.3 Å². The molecule has 0 spiro atoms. The van der Waals surface area contributed by atoms with Gasteiger partial charge < -0.3 is 10.2 Å². The van der Waals surface area contributed by atoms with Gasteiger partial charge in [0.15, 0.2) is 0 Å². The van der Waals surface area contributed by atoms with Crippen LogP contribution in [-0.4, -0.2) is 77.5 Å². The Morgan fingerprint density at radius 3 is 2.54 bits per heavy atom. The summed E-state index contributed by atoms with van der Waals surface area (Å²) in [7, 11) is -3.76. The number of nitriles is 1. The number of hydrogen-bond acceptors (Lipinski definition) is 6. The zero-order chi connectivity index (χ0) is 27.0. The van der Waals surface area contributed by atoms with Crippen molar-refractivity contribution in [1.29, 1.82) is 5.26 Å². The highest BCUT2D eigenvalue weighted by molar-refractivity contribution is 7.86. The van der Waals surface area contributed by atoms with Gasteiger partial charge in [-0.2, -0.15) is 35.5 Å². The van der Waals surface area contributed by atoms with Crippen LogP contribution in [0.5, 0.6) is 0 Å². The first kappa shape index (κ1) is 27.3. The highest BCUT2D eigenvalue weighted by Gasteiger charge is 2.45. The maximum absolute atomic E-state index is 13.4. The molecule has 0 aliphatic carbocycles. The van der Waals surface area contributed by atoms with Gasteiger partial charge in [0, 0.05) is 45.5 Å². The molecule has 1 N–H and O–H groups in total. The first-order valence-corrected chi connectivity index (χ1v) is 13.5. The molecule has 10 nitrogen and oxygen atoms in total. The van der Waals surface area contributed by atoms with Crippen molar-refractivity contribution in [3.8, 4) is 6.07 Å². The fourth-order valence-electron chi connectivity index (χ4n) is 5.00. The van der Waals surface area contributed by atoms with Crippen molar-refractivity contribution in [1.82, 2.24) is 23.8 Å². The Bertz CT molecular complexity index is 1160. The first-order valence-electron chi connectivity index (χ1n) is 12.1. The Labute approximate surface area is 213 Å². The molecule has 0 saturated carbocycles. The van der Waals surface area contributed by atoms with Crippen LogP contribution in [0.3, 0.4) is 0 Å². The second kappa shape index (κ2) is 10.5. The van der Waals surface area contributed by atoms with Crippen LogP contribution in [0.4, 0.5) is 13.2 Å². The summed E-state index contributed by atoms with van der Waals surface area (Å²) in [6.07, 6.45) is -2.06. The van der Waals surface area contributed by atoms with E-state index >= 15 is 0 Å². The van der Waals surface area contributed by atoms with Crippen LogP contribution in [-0.2, 0) is 32.5 Å². The molecule has 202 valence electrons. The Morgan fingerprint density at radius 1 is 1.19 bits per heavy atom. The van der Waals surface area contributed by atoms with Crippen molar-refractivity contribution in [2.45, 2.75) is 44.9 Å². The third-order valence-electron chi connectivity index (χ3n) is 7.09. The second-order valence-electron chi connectivity index (χ2n) is 9.96. The average molecular weight is 543 g/mol. The molecule has 3 aliphatic rings. The summed E-state index contributed by atoms with van der Waals surface area (Å²) in [5.74, 6) is -1.54. The zero-order valence-corrected chi connectivity index (χ0v) is 21.1. The SMILES string of the molecule is C[C@@H]1C[C@H](C(=O)NCc2ccc(C(F)(F)F)nc2)N(C(=O)[C@H]2CCCN(S(=O)(=O)N3CC(C#N)C3)C2)C1. The molecule has 14 heteroatoms. The average Bonchev–Trinajstić information content (AvgIpc) is 3.22. The summed E-state index contributed by atoms with van der Waals surface area (Å²) in [4.78, 5) is 31.3. The maximum Gasteiger partial charge on any atom is 0.433 e. The van der Waals surface area contributed by atoms with Gasteiger partial charge in [-0.1, -0.05) is 13.0 Å². The lowest BCUT2D eigenvalue weighted by Gasteiger charge is -2.41. The van der Waals surface area contributed by atoms with Crippen molar-refractivity contribution < 1.29 is 31.2 Å². The molecule has 3 atom stereocenters. The van der Waals surface area contributed by atoms with Crippen LogP contribution in [0.25, 0.3) is 0 Å². The van der Waals surface area contributed by atoms with E-state index in [-0.39, 0.29) is 43.9 Å². The number of amides is 2. The number of hydrogen-bond donors (Lipinski definition) is 1. The van der Waals surface area contributed by atoms with Gasteiger partial charge in [0.2, 0.25) is 11.8 Å². The summed E-state index contributed by atoms with van der Waals surface area (Å²) in [5.41, 5.74) is -0.630. The molecule has 1 aromatic rings. The van der Waals surface area contributed by atoms with E-state index in [9.17, 15) is 31.2 Å². The van der Waals surface area contributed by atoms with Crippen LogP contribution in [0, 0.1) is 29.1 Å². The van der Waals surface area contributed by atoms with Crippen molar-refractivity contribution in [2.24, 2.45) is 17.8 Å². The molecular formula is C23H29F3N6O4S. The molecule has 4 heterocycles. The zero-order valence-electron chi connectivity index (χ0n) is 20.3. The molecular weight excluding hydrogens is 513 g/mol. The summed E-state index contributed by atoms with van der Waals surface area (Å²) >= 11 is 0. The Kier molecular flexibility index (Phi) is 7.77. The predicted molar refractivity (Wildman–Crippen MR) is 124 cm³/mol. The molecule has 1 aromatic heterocycles. The maximum atomic E-state index is 13.4. The summed E-state index contributed by atoms with van der Waals surface area (Å²) in [6, 6.07) is 3.39. The summed E-state index contributed by atoms with van der Waals surface area (Å²) in [6.45, 7) is 2.85. The van der Waals surface area contributed by atoms with E-state index in [1.807, 2.05) is 13.0 Å². The molecule has 0 unspecified atom stereocenters. The lowest BCUT2D eigenvalue weighted by atomic mass is 9.97. The van der Waals surface area contributed by atoms with Crippen molar-refractivity contribution in [3.63, 3.8) is 0 Å². The Hall–Kier alpha value is -2.76. The number of alkyl halides is 3. The van der Waals surface area contributed by atoms with Crippen molar-refractivity contribution in [3.05, 3.63) is 29.6 Å². The van der Waals surface area contributed by atoms with E-state index in [4.69, 9.17) is 5.26 Å². The van der Waals surface area contributed by atoms with Gasteiger partial charge >= 0.3 is 6.18 Å². The lowest BCUT2D eigenvalue weighted by Crippen LogP contribution is -2.57. The molecule has 2 amide bonds. The number of carbonyl (C=O) groups is 2. The Morgan fingerprint density at radius 2 is 1.92 bits per heavy atom. The molecule has 0 aromatic carbocycles. The smallest absolute Gasteiger partial charge is 0.350 e. The lowest BCUT2D eigenvalue weighted by molar-refractivity contribution is -0.142. The van der Waals surface area contributed by atoms with E-state index in [0.717, 1.165) is 12.3 Å². The number of halogens is 3. The molecule has 3 fully saturated rings. The monoisotopic (exact) mass is 542 g/mol. The van der Waals surface area contributed by atoms with Crippen LogP contribution < -0.4 is 5.32 Å². The van der Waals surface area contributed by atoms with Gasteiger partial charge in [-0.15, -0.1) is 0 Å². The third kappa shape index (κ3) is 5.89. The van der Waals surface area contributed by atoms with Crippen LogP contribution >= 0.6 is 0 Å². The number of rotatable bonds is 6. The minimum absolute atomic E-state index is 0.0192. The number of pyridine rings is 1. The van der Waals surface area contributed by atoms with Gasteiger partial charge in [-0.25, -0.2) is 0 Å². The standard InChI is InChI=1S/C23H29F3N6O4S/c1-15-7-19(21(33)29-10-16-4-5-20(28-9-16)23(24,25)26)32(11-15)22(34)18-3-2-6-30(14-18)37(35,36)31-12-17(8-27)13-31/h4-5,9,15,17-19H,2-3,6-7,10-14H2,1H3,(H,29,33)/t15-,18+,19-/m1/s1. The van der Waals surface area contributed by atoms with Gasteiger partial charge in [0.25, 0.3) is 10.2 Å². The van der Waals surface area contributed by atoms with Gasteiger partial charge in [-0.05, 0) is 36.8 Å². The molecule has 37 heavy (non-hydrogen) atoms. The van der Waals surface area contributed by atoms with Crippen molar-refractivity contribution >= 4 is 22.0 Å². The number of nitrogens with zero attached hydrogens (tertiary/aromatic N) is 5. The molecule has 0 bridgehead atoms.